The summed E-state index contributed by atoms with van der Waals surface area (Å²) in [5.41, 5.74) is 0. The van der Waals surface area contributed by atoms with Crippen LogP contribution in [-0.4, -0.2) is 52.1 Å². The molecule has 10 heteroatoms. The Morgan fingerprint density at radius 2 is 2.25 bits per heavy atom. The van der Waals surface area contributed by atoms with Crippen molar-refractivity contribution in [2.45, 2.75) is 43.6 Å². The smallest absolute Gasteiger partial charge is 0.321 e. The van der Waals surface area contributed by atoms with Crippen LogP contribution < -0.4 is 15.5 Å². The topological polar surface area (TPSA) is 105 Å². The molecule has 152 valence electrons. The van der Waals surface area contributed by atoms with Gasteiger partial charge in [-0.05, 0) is 37.8 Å². The number of amides is 3. The van der Waals surface area contributed by atoms with Gasteiger partial charge in [0.25, 0.3) is 0 Å². The molecule has 1 aliphatic heterocycles. The van der Waals surface area contributed by atoms with Crippen LogP contribution in [0.5, 0.6) is 0 Å². The van der Waals surface area contributed by atoms with Crippen LogP contribution in [0.25, 0.3) is 0 Å². The maximum Gasteiger partial charge on any atom is 0.321 e. The quantitative estimate of drug-likeness (QED) is 0.708. The van der Waals surface area contributed by atoms with Gasteiger partial charge in [0.1, 0.15) is 5.76 Å². The minimum atomic E-state index is -0.530. The SMILES string of the molecule is CNC(=O)NC(=O)[C@@H](C)Sc1nnc(N2CCC[C@@H](C)C2)n1Cc1ccco1. The minimum absolute atomic E-state index is 0.384. The molecule has 2 aromatic heterocycles. The molecule has 0 bridgehead atoms. The van der Waals surface area contributed by atoms with E-state index in [-0.39, 0.29) is 5.91 Å². The van der Waals surface area contributed by atoms with Crippen molar-refractivity contribution >= 4 is 29.6 Å². The van der Waals surface area contributed by atoms with Crippen molar-refractivity contribution < 1.29 is 14.0 Å². The molecule has 2 N–H and O–H groups in total. The molecule has 3 amide bonds. The molecule has 0 saturated carbocycles. The third-order valence-electron chi connectivity index (χ3n) is 4.65. The Labute approximate surface area is 168 Å². The van der Waals surface area contributed by atoms with Gasteiger partial charge in [0.2, 0.25) is 11.9 Å². The third kappa shape index (κ3) is 4.86. The zero-order valence-electron chi connectivity index (χ0n) is 16.3. The summed E-state index contributed by atoms with van der Waals surface area (Å²) in [5, 5.41) is 13.5. The number of piperidine rings is 1. The van der Waals surface area contributed by atoms with Gasteiger partial charge in [-0.15, -0.1) is 10.2 Å². The summed E-state index contributed by atoms with van der Waals surface area (Å²) in [6.07, 6.45) is 3.96. The standard InChI is InChI=1S/C18H26N6O3S/c1-12-6-4-8-23(10-12)17-21-22-18(24(17)11-14-7-5-9-27-14)28-13(2)15(25)20-16(26)19-3/h5,7,9,12-13H,4,6,8,10-11H2,1-3H3,(H2,19,20,25,26)/t12-,13-/m1/s1. The van der Waals surface area contributed by atoms with Crippen molar-refractivity contribution in [2.24, 2.45) is 5.92 Å². The Kier molecular flexibility index (Phi) is 6.61. The zero-order valence-corrected chi connectivity index (χ0v) is 17.2. The highest BCUT2D eigenvalue weighted by Crippen LogP contribution is 2.29. The van der Waals surface area contributed by atoms with Gasteiger partial charge in [0.05, 0.1) is 18.1 Å². The number of hydrogen-bond donors (Lipinski definition) is 2. The average molecular weight is 407 g/mol. The van der Waals surface area contributed by atoms with Gasteiger partial charge < -0.3 is 14.6 Å². The molecular formula is C18H26N6O3S. The highest BCUT2D eigenvalue weighted by Gasteiger charge is 2.26. The fourth-order valence-corrected chi connectivity index (χ4v) is 4.00. The lowest BCUT2D eigenvalue weighted by atomic mass is 10.0. The summed E-state index contributed by atoms with van der Waals surface area (Å²) in [4.78, 5) is 25.9. The van der Waals surface area contributed by atoms with Crippen molar-refractivity contribution in [2.75, 3.05) is 25.0 Å². The van der Waals surface area contributed by atoms with E-state index in [0.29, 0.717) is 17.6 Å². The van der Waals surface area contributed by atoms with Crippen molar-refractivity contribution in [1.29, 1.82) is 0 Å². The maximum absolute atomic E-state index is 12.2. The van der Waals surface area contributed by atoms with E-state index in [4.69, 9.17) is 4.42 Å². The lowest BCUT2D eigenvalue weighted by Crippen LogP contribution is -2.41. The molecule has 1 aliphatic rings. The van der Waals surface area contributed by atoms with E-state index in [0.717, 1.165) is 31.2 Å². The minimum Gasteiger partial charge on any atom is -0.467 e. The lowest BCUT2D eigenvalue weighted by Gasteiger charge is -2.31. The van der Waals surface area contributed by atoms with Crippen molar-refractivity contribution in [1.82, 2.24) is 25.4 Å². The van der Waals surface area contributed by atoms with E-state index < -0.39 is 11.3 Å². The summed E-state index contributed by atoms with van der Waals surface area (Å²) in [6, 6.07) is 3.21. The maximum atomic E-state index is 12.2. The van der Waals surface area contributed by atoms with Crippen LogP contribution in [-0.2, 0) is 11.3 Å². The first-order valence-electron chi connectivity index (χ1n) is 9.37. The molecular weight excluding hydrogens is 380 g/mol. The normalized spacial score (nSPS) is 18.0. The number of nitrogens with zero attached hydrogens (tertiary/aromatic N) is 4. The van der Waals surface area contributed by atoms with E-state index in [2.05, 4.69) is 32.7 Å². The molecule has 2 aromatic rings. The average Bonchev–Trinajstić information content (AvgIpc) is 3.32. The predicted octanol–water partition coefficient (Wildman–Crippen LogP) is 2.09. The first-order valence-corrected chi connectivity index (χ1v) is 10.3. The van der Waals surface area contributed by atoms with Crippen LogP contribution in [0.1, 0.15) is 32.4 Å². The second-order valence-electron chi connectivity index (χ2n) is 6.97. The predicted molar refractivity (Wildman–Crippen MR) is 106 cm³/mol. The Bertz CT molecular complexity index is 806. The Balaban J connectivity index is 1.81. The Hall–Kier alpha value is -2.49. The van der Waals surface area contributed by atoms with Crippen LogP contribution in [0.3, 0.4) is 0 Å². The van der Waals surface area contributed by atoms with E-state index in [9.17, 15) is 9.59 Å². The van der Waals surface area contributed by atoms with Crippen molar-refractivity contribution in [3.05, 3.63) is 24.2 Å². The van der Waals surface area contributed by atoms with E-state index in [1.807, 2.05) is 16.7 Å². The van der Waals surface area contributed by atoms with E-state index >= 15 is 0 Å². The fourth-order valence-electron chi connectivity index (χ4n) is 3.16. The number of nitrogens with one attached hydrogen (secondary N) is 2. The number of anilines is 1. The molecule has 3 rings (SSSR count). The van der Waals surface area contributed by atoms with Crippen molar-refractivity contribution in [3.63, 3.8) is 0 Å². The highest BCUT2D eigenvalue weighted by atomic mass is 32.2. The molecule has 9 nitrogen and oxygen atoms in total. The summed E-state index contributed by atoms with van der Waals surface area (Å²) < 4.78 is 7.49. The van der Waals surface area contributed by atoms with Gasteiger partial charge in [-0.2, -0.15) is 0 Å². The largest absolute Gasteiger partial charge is 0.467 e. The van der Waals surface area contributed by atoms with Gasteiger partial charge >= 0.3 is 6.03 Å². The van der Waals surface area contributed by atoms with Gasteiger partial charge in [0.15, 0.2) is 5.16 Å². The van der Waals surface area contributed by atoms with Gasteiger partial charge in [0, 0.05) is 20.1 Å². The first-order chi connectivity index (χ1) is 13.5. The number of furan rings is 1. The molecule has 0 spiro atoms. The molecule has 1 saturated heterocycles. The monoisotopic (exact) mass is 406 g/mol. The van der Waals surface area contributed by atoms with Crippen LogP contribution in [0.4, 0.5) is 10.7 Å². The number of hydrogen-bond acceptors (Lipinski definition) is 7. The number of aromatic nitrogens is 3. The van der Waals surface area contributed by atoms with Crippen LogP contribution in [0.15, 0.2) is 28.0 Å². The summed E-state index contributed by atoms with van der Waals surface area (Å²) in [6.45, 7) is 6.30. The number of thioether (sulfide) groups is 1. The summed E-state index contributed by atoms with van der Waals surface area (Å²) >= 11 is 1.27. The summed E-state index contributed by atoms with van der Waals surface area (Å²) in [5.74, 6) is 1.78. The van der Waals surface area contributed by atoms with Gasteiger partial charge in [-0.3, -0.25) is 14.7 Å². The highest BCUT2D eigenvalue weighted by molar-refractivity contribution is 8.00. The molecule has 0 radical (unpaired) electrons. The van der Waals surface area contributed by atoms with Crippen LogP contribution >= 0.6 is 11.8 Å². The van der Waals surface area contributed by atoms with E-state index in [1.54, 1.807) is 13.2 Å². The fraction of sp³-hybridized carbons (Fsp3) is 0.556. The number of urea groups is 1. The number of carbonyl (C=O) groups is 2. The van der Waals surface area contributed by atoms with Crippen LogP contribution in [0, 0.1) is 5.92 Å². The molecule has 0 unspecified atom stereocenters. The lowest BCUT2D eigenvalue weighted by molar-refractivity contribution is -0.119. The van der Waals surface area contributed by atoms with Gasteiger partial charge in [-0.1, -0.05) is 18.7 Å². The molecule has 0 aromatic carbocycles. The van der Waals surface area contributed by atoms with Crippen molar-refractivity contribution in [3.8, 4) is 0 Å². The second kappa shape index (κ2) is 9.13. The van der Waals surface area contributed by atoms with E-state index in [1.165, 1.54) is 25.2 Å². The number of rotatable bonds is 6. The molecule has 1 fully saturated rings. The van der Waals surface area contributed by atoms with Gasteiger partial charge in [-0.25, -0.2) is 4.79 Å². The Morgan fingerprint density at radius 3 is 2.93 bits per heavy atom. The molecule has 2 atom stereocenters. The first kappa shape index (κ1) is 20.2. The number of imide groups is 1. The second-order valence-corrected chi connectivity index (χ2v) is 8.28. The molecule has 0 aliphatic carbocycles. The Morgan fingerprint density at radius 1 is 1.43 bits per heavy atom. The number of carbonyl (C=O) groups excluding carboxylic acids is 2. The summed E-state index contributed by atoms with van der Waals surface area (Å²) in [7, 11) is 1.46. The molecule has 3 heterocycles. The third-order valence-corrected chi connectivity index (χ3v) is 5.73. The van der Waals surface area contributed by atoms with Crippen LogP contribution in [0.2, 0.25) is 0 Å². The molecule has 28 heavy (non-hydrogen) atoms. The zero-order chi connectivity index (χ0) is 20.1.